The second-order valence-electron chi connectivity index (χ2n) is 6.51. The number of ether oxygens (including phenoxy) is 1. The topological polar surface area (TPSA) is 96.5 Å². The van der Waals surface area contributed by atoms with Crippen molar-refractivity contribution < 1.29 is 19.1 Å². The fourth-order valence-corrected chi connectivity index (χ4v) is 1.52. The van der Waals surface area contributed by atoms with E-state index in [4.69, 9.17) is 4.74 Å². The molecule has 128 valence electrons. The molecule has 0 aromatic heterocycles. The van der Waals surface area contributed by atoms with E-state index in [0.29, 0.717) is 31.8 Å². The van der Waals surface area contributed by atoms with Gasteiger partial charge in [-0.3, -0.25) is 9.59 Å². The Morgan fingerprint density at radius 3 is 2.00 bits per heavy atom. The molecule has 0 heterocycles. The zero-order valence-electron chi connectivity index (χ0n) is 14.2. The third-order valence-corrected chi connectivity index (χ3v) is 2.38. The SMILES string of the molecule is CC(C)CC(=O)NCCCNC(=O)CNC(=O)OC(C)(C)C. The Kier molecular flexibility index (Phi) is 9.21. The number of carbonyl (C=O) groups excluding carboxylic acids is 3. The zero-order valence-corrected chi connectivity index (χ0v) is 14.2. The van der Waals surface area contributed by atoms with E-state index in [-0.39, 0.29) is 18.4 Å². The van der Waals surface area contributed by atoms with E-state index in [1.54, 1.807) is 20.8 Å². The molecule has 7 nitrogen and oxygen atoms in total. The van der Waals surface area contributed by atoms with Crippen molar-refractivity contribution >= 4 is 17.9 Å². The largest absolute Gasteiger partial charge is 0.444 e. The molecule has 0 aromatic rings. The van der Waals surface area contributed by atoms with E-state index >= 15 is 0 Å². The van der Waals surface area contributed by atoms with Crippen LogP contribution >= 0.6 is 0 Å². The maximum atomic E-state index is 11.5. The summed E-state index contributed by atoms with van der Waals surface area (Å²) in [5, 5.41) is 7.82. The van der Waals surface area contributed by atoms with Gasteiger partial charge in [-0.25, -0.2) is 4.79 Å². The molecule has 0 fully saturated rings. The maximum Gasteiger partial charge on any atom is 0.408 e. The third-order valence-electron chi connectivity index (χ3n) is 2.38. The fraction of sp³-hybridized carbons (Fsp3) is 0.800. The van der Waals surface area contributed by atoms with Crippen LogP contribution in [0.25, 0.3) is 0 Å². The van der Waals surface area contributed by atoms with Crippen LogP contribution in [0.5, 0.6) is 0 Å². The minimum atomic E-state index is -0.622. The molecule has 0 aliphatic rings. The molecule has 0 spiro atoms. The number of amides is 3. The van der Waals surface area contributed by atoms with Crippen molar-refractivity contribution in [2.24, 2.45) is 5.92 Å². The van der Waals surface area contributed by atoms with Gasteiger partial charge in [0.05, 0.1) is 6.54 Å². The third kappa shape index (κ3) is 13.2. The molecule has 0 atom stereocenters. The van der Waals surface area contributed by atoms with Crippen molar-refractivity contribution in [2.75, 3.05) is 19.6 Å². The fourth-order valence-electron chi connectivity index (χ4n) is 1.52. The predicted octanol–water partition coefficient (Wildman–Crippen LogP) is 1.18. The van der Waals surface area contributed by atoms with Crippen LogP contribution in [0.3, 0.4) is 0 Å². The smallest absolute Gasteiger partial charge is 0.408 e. The highest BCUT2D eigenvalue weighted by molar-refractivity contribution is 5.82. The number of carbonyl (C=O) groups is 3. The molecule has 0 aliphatic heterocycles. The quantitative estimate of drug-likeness (QED) is 0.586. The van der Waals surface area contributed by atoms with Crippen LogP contribution in [0.1, 0.15) is 47.5 Å². The van der Waals surface area contributed by atoms with Crippen molar-refractivity contribution in [3.63, 3.8) is 0 Å². The molecule has 0 bridgehead atoms. The first kappa shape index (κ1) is 20.2. The summed E-state index contributed by atoms with van der Waals surface area (Å²) in [6.07, 6.45) is 0.525. The molecule has 3 amide bonds. The standard InChI is InChI=1S/C15H29N3O4/c1-11(2)9-12(19)16-7-6-8-17-13(20)10-18-14(21)22-15(3,4)5/h11H,6-10H2,1-5H3,(H,16,19)(H,17,20)(H,18,21). The van der Waals surface area contributed by atoms with Gasteiger partial charge in [-0.05, 0) is 33.1 Å². The lowest BCUT2D eigenvalue weighted by atomic mass is 10.1. The Labute approximate surface area is 132 Å². The number of rotatable bonds is 8. The molecule has 0 radical (unpaired) electrons. The predicted molar refractivity (Wildman–Crippen MR) is 84.3 cm³/mol. The average molecular weight is 315 g/mol. The van der Waals surface area contributed by atoms with Gasteiger partial charge < -0.3 is 20.7 Å². The number of nitrogens with one attached hydrogen (secondary N) is 3. The minimum Gasteiger partial charge on any atom is -0.444 e. The molecular weight excluding hydrogens is 286 g/mol. The van der Waals surface area contributed by atoms with E-state index in [1.807, 2.05) is 13.8 Å². The van der Waals surface area contributed by atoms with Gasteiger partial charge >= 0.3 is 6.09 Å². The van der Waals surface area contributed by atoms with Gasteiger partial charge in [-0.15, -0.1) is 0 Å². The molecule has 3 N–H and O–H groups in total. The molecular formula is C15H29N3O4. The first-order valence-electron chi connectivity index (χ1n) is 7.60. The summed E-state index contributed by atoms with van der Waals surface area (Å²) in [5.41, 5.74) is -0.589. The van der Waals surface area contributed by atoms with Crippen LogP contribution in [0.2, 0.25) is 0 Å². The molecule has 0 saturated carbocycles. The van der Waals surface area contributed by atoms with Crippen LogP contribution in [0.15, 0.2) is 0 Å². The second-order valence-corrected chi connectivity index (χ2v) is 6.51. The van der Waals surface area contributed by atoms with Gasteiger partial charge in [0.2, 0.25) is 11.8 Å². The Hall–Kier alpha value is -1.79. The van der Waals surface area contributed by atoms with Crippen molar-refractivity contribution in [3.05, 3.63) is 0 Å². The van der Waals surface area contributed by atoms with Gasteiger partial charge in [-0.1, -0.05) is 13.8 Å². The van der Waals surface area contributed by atoms with Crippen LogP contribution in [-0.2, 0) is 14.3 Å². The van der Waals surface area contributed by atoms with E-state index in [9.17, 15) is 14.4 Å². The molecule has 7 heteroatoms. The summed E-state index contributed by atoms with van der Waals surface area (Å²) in [6, 6.07) is 0. The van der Waals surface area contributed by atoms with Gasteiger partial charge in [0.25, 0.3) is 0 Å². The van der Waals surface area contributed by atoms with E-state index < -0.39 is 11.7 Å². The first-order valence-corrected chi connectivity index (χ1v) is 7.60. The Bertz CT molecular complexity index is 375. The Morgan fingerprint density at radius 2 is 1.50 bits per heavy atom. The normalized spacial score (nSPS) is 11.0. The summed E-state index contributed by atoms with van der Waals surface area (Å²) in [4.78, 5) is 34.2. The Balaban J connectivity index is 3.62. The molecule has 0 saturated heterocycles. The zero-order chi connectivity index (χ0) is 17.2. The minimum absolute atomic E-state index is 0.0212. The van der Waals surface area contributed by atoms with Gasteiger partial charge in [0.15, 0.2) is 0 Å². The molecule has 0 unspecified atom stereocenters. The number of hydrogen-bond acceptors (Lipinski definition) is 4. The summed E-state index contributed by atoms with van der Waals surface area (Å²) >= 11 is 0. The number of hydrogen-bond donors (Lipinski definition) is 3. The van der Waals surface area contributed by atoms with Crippen molar-refractivity contribution in [1.29, 1.82) is 0 Å². The lowest BCUT2D eigenvalue weighted by Crippen LogP contribution is -2.40. The van der Waals surface area contributed by atoms with Crippen LogP contribution in [0.4, 0.5) is 4.79 Å². The Morgan fingerprint density at radius 1 is 0.955 bits per heavy atom. The summed E-state index contributed by atoms with van der Waals surface area (Å²) in [6.45, 7) is 10.0. The highest BCUT2D eigenvalue weighted by atomic mass is 16.6. The van der Waals surface area contributed by atoms with Crippen molar-refractivity contribution in [2.45, 2.75) is 53.1 Å². The lowest BCUT2D eigenvalue weighted by molar-refractivity contribution is -0.121. The van der Waals surface area contributed by atoms with Crippen molar-refractivity contribution in [3.8, 4) is 0 Å². The molecule has 22 heavy (non-hydrogen) atoms. The molecule has 0 aliphatic carbocycles. The van der Waals surface area contributed by atoms with Gasteiger partial charge in [0, 0.05) is 19.5 Å². The number of alkyl carbamates (subject to hydrolysis) is 1. The van der Waals surface area contributed by atoms with Crippen LogP contribution in [0, 0.1) is 5.92 Å². The lowest BCUT2D eigenvalue weighted by Gasteiger charge is -2.19. The highest BCUT2D eigenvalue weighted by Crippen LogP contribution is 2.05. The molecule has 0 aromatic carbocycles. The monoisotopic (exact) mass is 315 g/mol. The van der Waals surface area contributed by atoms with Gasteiger partial charge in [0.1, 0.15) is 5.60 Å². The summed E-state index contributed by atoms with van der Waals surface area (Å²) in [7, 11) is 0. The van der Waals surface area contributed by atoms with Crippen molar-refractivity contribution in [1.82, 2.24) is 16.0 Å². The van der Waals surface area contributed by atoms with E-state index in [0.717, 1.165) is 0 Å². The molecule has 0 rings (SSSR count). The first-order chi connectivity index (χ1) is 10.1. The van der Waals surface area contributed by atoms with Gasteiger partial charge in [-0.2, -0.15) is 0 Å². The van der Waals surface area contributed by atoms with E-state index in [2.05, 4.69) is 16.0 Å². The second kappa shape index (κ2) is 10.0. The average Bonchev–Trinajstić information content (AvgIpc) is 2.33. The maximum absolute atomic E-state index is 11.5. The van der Waals surface area contributed by atoms with E-state index in [1.165, 1.54) is 0 Å². The summed E-state index contributed by atoms with van der Waals surface area (Å²) < 4.78 is 5.01. The van der Waals surface area contributed by atoms with Crippen LogP contribution < -0.4 is 16.0 Å². The van der Waals surface area contributed by atoms with Crippen LogP contribution in [-0.4, -0.2) is 43.1 Å². The highest BCUT2D eigenvalue weighted by Gasteiger charge is 2.16. The summed E-state index contributed by atoms with van der Waals surface area (Å²) in [5.74, 6) is 0.0610.